The number of aromatic hydroxyl groups is 1. The number of nitro benzene ring substituents is 1. The van der Waals surface area contributed by atoms with Gasteiger partial charge in [-0.3, -0.25) is 19.9 Å². The second kappa shape index (κ2) is 8.07. The van der Waals surface area contributed by atoms with Gasteiger partial charge in [-0.25, -0.2) is 14.4 Å². The Morgan fingerprint density at radius 1 is 1.20 bits per heavy atom. The van der Waals surface area contributed by atoms with E-state index in [1.807, 2.05) is 0 Å². The number of H-pyrrole nitrogens is 1. The van der Waals surface area contributed by atoms with Crippen LogP contribution in [-0.4, -0.2) is 25.8 Å². The highest BCUT2D eigenvalue weighted by atomic mass is 79.9. The van der Waals surface area contributed by atoms with Crippen LogP contribution in [0.1, 0.15) is 22.3 Å². The van der Waals surface area contributed by atoms with Crippen molar-refractivity contribution in [1.82, 2.24) is 9.55 Å². The molecule has 2 N–H and O–H groups in total. The van der Waals surface area contributed by atoms with E-state index in [9.17, 15) is 24.8 Å². The number of nitro groups is 1. The topological polar surface area (TPSA) is 131 Å². The maximum Gasteiger partial charge on any atom is 0.335 e. The van der Waals surface area contributed by atoms with Gasteiger partial charge in [0.1, 0.15) is 11.3 Å². The Balaban J connectivity index is 2.24. The number of para-hydroxylation sites is 1. The summed E-state index contributed by atoms with van der Waals surface area (Å²) in [6, 6.07) is 8.49. The molecule has 0 saturated carbocycles. The van der Waals surface area contributed by atoms with Crippen molar-refractivity contribution in [2.45, 2.75) is 20.8 Å². The number of rotatable bonds is 4. The molecule has 30 heavy (non-hydrogen) atoms. The summed E-state index contributed by atoms with van der Waals surface area (Å²) in [6.07, 6.45) is 1.02. The van der Waals surface area contributed by atoms with Gasteiger partial charge in [0.05, 0.1) is 10.6 Å². The third-order valence-electron chi connectivity index (χ3n) is 4.64. The Kier molecular flexibility index (Phi) is 5.70. The number of nitrogens with zero attached hydrogens (tertiary/aromatic N) is 3. The van der Waals surface area contributed by atoms with Crippen LogP contribution in [0.3, 0.4) is 0 Å². The Bertz CT molecular complexity index is 1320. The number of aryl methyl sites for hydroxylation is 2. The van der Waals surface area contributed by atoms with Gasteiger partial charge in [-0.15, -0.1) is 0 Å². The molecule has 3 rings (SSSR count). The molecule has 0 amide bonds. The van der Waals surface area contributed by atoms with Gasteiger partial charge in [0.2, 0.25) is 5.88 Å². The third-order valence-corrected chi connectivity index (χ3v) is 5.46. The van der Waals surface area contributed by atoms with Gasteiger partial charge in [0.25, 0.3) is 11.2 Å². The molecule has 0 aliphatic carbocycles. The van der Waals surface area contributed by atoms with Crippen molar-refractivity contribution in [2.24, 2.45) is 4.99 Å². The third kappa shape index (κ3) is 3.69. The van der Waals surface area contributed by atoms with E-state index in [4.69, 9.17) is 0 Å². The van der Waals surface area contributed by atoms with Crippen LogP contribution in [0.4, 0.5) is 11.4 Å². The van der Waals surface area contributed by atoms with E-state index in [0.717, 1.165) is 10.8 Å². The Morgan fingerprint density at radius 2 is 1.87 bits per heavy atom. The molecule has 0 aliphatic rings. The van der Waals surface area contributed by atoms with Crippen LogP contribution >= 0.6 is 15.9 Å². The van der Waals surface area contributed by atoms with Crippen LogP contribution in [0.15, 0.2) is 49.4 Å². The average molecular weight is 473 g/mol. The fraction of sp³-hybridized carbons (Fsp3) is 0.150. The first-order valence-electron chi connectivity index (χ1n) is 8.76. The largest absolute Gasteiger partial charge is 0.493 e. The highest BCUT2D eigenvalue weighted by Crippen LogP contribution is 2.38. The maximum absolute atomic E-state index is 12.3. The minimum Gasteiger partial charge on any atom is -0.493 e. The smallest absolute Gasteiger partial charge is 0.335 e. The average Bonchev–Trinajstić information content (AvgIpc) is 2.66. The van der Waals surface area contributed by atoms with Crippen molar-refractivity contribution in [3.05, 3.63) is 88.0 Å². The van der Waals surface area contributed by atoms with Crippen molar-refractivity contribution >= 4 is 33.5 Å². The molecule has 0 atom stereocenters. The minimum absolute atomic E-state index is 0.0492. The maximum atomic E-state index is 12.3. The first-order valence-corrected chi connectivity index (χ1v) is 9.55. The molecule has 0 unspecified atom stereocenters. The van der Waals surface area contributed by atoms with Gasteiger partial charge >= 0.3 is 5.69 Å². The fourth-order valence-electron chi connectivity index (χ4n) is 3.05. The van der Waals surface area contributed by atoms with Gasteiger partial charge in [-0.2, -0.15) is 0 Å². The van der Waals surface area contributed by atoms with E-state index in [1.165, 1.54) is 0 Å². The lowest BCUT2D eigenvalue weighted by molar-refractivity contribution is -0.384. The highest BCUT2D eigenvalue weighted by Gasteiger charge is 2.22. The summed E-state index contributed by atoms with van der Waals surface area (Å²) in [5.74, 6) is -0.615. The summed E-state index contributed by atoms with van der Waals surface area (Å²) in [5, 5.41) is 22.2. The summed E-state index contributed by atoms with van der Waals surface area (Å²) in [7, 11) is 0. The number of aromatic amines is 1. The Labute approximate surface area is 178 Å². The molecule has 0 bridgehead atoms. The fourth-order valence-corrected chi connectivity index (χ4v) is 3.58. The van der Waals surface area contributed by atoms with E-state index < -0.39 is 22.1 Å². The van der Waals surface area contributed by atoms with Crippen molar-refractivity contribution in [1.29, 1.82) is 0 Å². The predicted molar refractivity (Wildman–Crippen MR) is 117 cm³/mol. The van der Waals surface area contributed by atoms with E-state index in [0.29, 0.717) is 26.9 Å². The summed E-state index contributed by atoms with van der Waals surface area (Å²) >= 11 is 3.28. The molecular formula is C20H17BrN4O5. The molecule has 0 spiro atoms. The standard InChI is InChI=1S/C20H17BrN4O5/c1-10-6-4-5-7-15(10)24-19(27)13(18(26)23-20(24)28)9-22-16-11(2)8-14(21)12(3)17(16)25(29)30/h4-9,27H,1-3H3,(H,23,26,28). The quantitative estimate of drug-likeness (QED) is 0.340. The molecule has 0 fully saturated rings. The molecule has 0 radical (unpaired) electrons. The van der Waals surface area contributed by atoms with Crippen LogP contribution in [0.25, 0.3) is 5.69 Å². The van der Waals surface area contributed by atoms with E-state index in [1.54, 1.807) is 51.1 Å². The van der Waals surface area contributed by atoms with Crippen molar-refractivity contribution < 1.29 is 10.0 Å². The van der Waals surface area contributed by atoms with Crippen LogP contribution in [-0.2, 0) is 0 Å². The number of benzene rings is 2. The first-order chi connectivity index (χ1) is 14.1. The van der Waals surface area contributed by atoms with E-state index >= 15 is 0 Å². The summed E-state index contributed by atoms with van der Waals surface area (Å²) in [5.41, 5.74) is -0.195. The molecule has 0 saturated heterocycles. The van der Waals surface area contributed by atoms with Gasteiger partial charge in [-0.05, 0) is 44.0 Å². The normalized spacial score (nSPS) is 11.2. The minimum atomic E-state index is -0.861. The lowest BCUT2D eigenvalue weighted by Gasteiger charge is -2.12. The second-order valence-electron chi connectivity index (χ2n) is 6.63. The molecule has 9 nitrogen and oxygen atoms in total. The molecule has 154 valence electrons. The number of halogens is 1. The molecule has 1 heterocycles. The van der Waals surface area contributed by atoms with Crippen LogP contribution < -0.4 is 11.2 Å². The van der Waals surface area contributed by atoms with E-state index in [2.05, 4.69) is 25.9 Å². The number of nitrogens with one attached hydrogen (secondary N) is 1. The lowest BCUT2D eigenvalue weighted by atomic mass is 10.1. The SMILES string of the molecule is Cc1ccccc1-n1c(O)c(C=Nc2c(C)cc(Br)c(C)c2[N+](=O)[O-])c(=O)[nH]c1=O. The van der Waals surface area contributed by atoms with Crippen LogP contribution in [0, 0.1) is 30.9 Å². The molecule has 3 aromatic rings. The Hall–Kier alpha value is -3.53. The molecule has 10 heteroatoms. The number of hydrogen-bond acceptors (Lipinski definition) is 6. The molecule has 1 aromatic heterocycles. The number of aliphatic imine (C=N–C) groups is 1. The van der Waals surface area contributed by atoms with Gasteiger partial charge < -0.3 is 5.11 Å². The summed E-state index contributed by atoms with van der Waals surface area (Å²) < 4.78 is 1.51. The van der Waals surface area contributed by atoms with Crippen LogP contribution in [0.5, 0.6) is 5.88 Å². The molecule has 2 aromatic carbocycles. The highest BCUT2D eigenvalue weighted by molar-refractivity contribution is 9.10. The zero-order valence-electron chi connectivity index (χ0n) is 16.3. The second-order valence-corrected chi connectivity index (χ2v) is 7.49. The Morgan fingerprint density at radius 3 is 2.50 bits per heavy atom. The first kappa shape index (κ1) is 21.2. The monoisotopic (exact) mass is 472 g/mol. The van der Waals surface area contributed by atoms with Crippen molar-refractivity contribution in [3.63, 3.8) is 0 Å². The van der Waals surface area contributed by atoms with Gasteiger partial charge in [0, 0.05) is 16.3 Å². The molecular weight excluding hydrogens is 456 g/mol. The van der Waals surface area contributed by atoms with E-state index in [-0.39, 0.29) is 16.9 Å². The number of hydrogen-bond donors (Lipinski definition) is 2. The predicted octanol–water partition coefficient (Wildman–Crippen LogP) is 3.58. The van der Waals surface area contributed by atoms with Gasteiger partial charge in [0.15, 0.2) is 0 Å². The van der Waals surface area contributed by atoms with Crippen LogP contribution in [0.2, 0.25) is 0 Å². The molecule has 0 aliphatic heterocycles. The zero-order valence-corrected chi connectivity index (χ0v) is 17.8. The van der Waals surface area contributed by atoms with Gasteiger partial charge in [-0.1, -0.05) is 34.1 Å². The lowest BCUT2D eigenvalue weighted by Crippen LogP contribution is -2.31. The number of aromatic nitrogens is 2. The zero-order chi connectivity index (χ0) is 22.2. The summed E-state index contributed by atoms with van der Waals surface area (Å²) in [4.78, 5) is 41.9. The van der Waals surface area contributed by atoms with Crippen molar-refractivity contribution in [3.8, 4) is 11.6 Å². The van der Waals surface area contributed by atoms with Crippen molar-refractivity contribution in [2.75, 3.05) is 0 Å². The summed E-state index contributed by atoms with van der Waals surface area (Å²) in [6.45, 7) is 4.96.